The first-order chi connectivity index (χ1) is 14.1. The predicted molar refractivity (Wildman–Crippen MR) is 135 cm³/mol. The summed E-state index contributed by atoms with van der Waals surface area (Å²) in [6.07, 6.45) is 8.08. The maximum absolute atomic E-state index is 12.4. The molecule has 2 fully saturated rings. The molecule has 2 aliphatic rings. The quantitative estimate of drug-likeness (QED) is 0.288. The van der Waals surface area contributed by atoms with Crippen molar-refractivity contribution in [2.45, 2.75) is 58.8 Å². The SMILES string of the molecule is CCNC(=NCC1(CC)CCCC1)NCC1CC(=O)N(CCc2ccccc2)C1.I. The summed E-state index contributed by atoms with van der Waals surface area (Å²) in [5.74, 6) is 1.54. The maximum Gasteiger partial charge on any atom is 0.223 e. The van der Waals surface area contributed by atoms with Gasteiger partial charge in [0.05, 0.1) is 0 Å². The van der Waals surface area contributed by atoms with Gasteiger partial charge in [0.2, 0.25) is 5.91 Å². The molecular formula is C24H39IN4O. The molecule has 6 heteroatoms. The summed E-state index contributed by atoms with van der Waals surface area (Å²) >= 11 is 0. The fraction of sp³-hybridized carbons (Fsp3) is 0.667. The van der Waals surface area contributed by atoms with Gasteiger partial charge in [-0.25, -0.2) is 0 Å². The van der Waals surface area contributed by atoms with Gasteiger partial charge in [-0.2, -0.15) is 0 Å². The van der Waals surface area contributed by atoms with Crippen molar-refractivity contribution in [3.05, 3.63) is 35.9 Å². The number of benzene rings is 1. The number of hydrogen-bond donors (Lipinski definition) is 2. The number of halogens is 1. The van der Waals surface area contributed by atoms with Crippen molar-refractivity contribution in [3.63, 3.8) is 0 Å². The van der Waals surface area contributed by atoms with E-state index < -0.39 is 0 Å². The zero-order valence-corrected chi connectivity index (χ0v) is 21.0. The van der Waals surface area contributed by atoms with Crippen LogP contribution in [0.4, 0.5) is 0 Å². The lowest BCUT2D eigenvalue weighted by atomic mass is 9.84. The molecule has 1 heterocycles. The van der Waals surface area contributed by atoms with Crippen molar-refractivity contribution in [2.24, 2.45) is 16.3 Å². The number of nitrogens with one attached hydrogen (secondary N) is 2. The molecule has 1 aliphatic carbocycles. The molecule has 5 nitrogen and oxygen atoms in total. The molecule has 0 bridgehead atoms. The smallest absolute Gasteiger partial charge is 0.223 e. The summed E-state index contributed by atoms with van der Waals surface area (Å²) in [6.45, 7) is 8.63. The Balaban J connectivity index is 0.00000320. The van der Waals surface area contributed by atoms with Crippen LogP contribution in [0, 0.1) is 11.3 Å². The largest absolute Gasteiger partial charge is 0.357 e. The maximum atomic E-state index is 12.4. The number of hydrogen-bond acceptors (Lipinski definition) is 2. The summed E-state index contributed by atoms with van der Waals surface area (Å²) in [7, 11) is 0. The number of likely N-dealkylation sites (tertiary alicyclic amines) is 1. The molecule has 1 aromatic carbocycles. The van der Waals surface area contributed by atoms with E-state index in [1.165, 1.54) is 37.7 Å². The van der Waals surface area contributed by atoms with Crippen LogP contribution >= 0.6 is 24.0 Å². The Morgan fingerprint density at radius 1 is 1.17 bits per heavy atom. The van der Waals surface area contributed by atoms with Crippen LogP contribution < -0.4 is 10.6 Å². The van der Waals surface area contributed by atoms with Gasteiger partial charge in [-0.05, 0) is 43.6 Å². The molecule has 1 saturated carbocycles. The summed E-state index contributed by atoms with van der Waals surface area (Å²) in [6, 6.07) is 10.4. The number of carbonyl (C=O) groups excluding carboxylic acids is 1. The highest BCUT2D eigenvalue weighted by molar-refractivity contribution is 14.0. The van der Waals surface area contributed by atoms with Crippen LogP contribution in [0.2, 0.25) is 0 Å². The summed E-state index contributed by atoms with van der Waals surface area (Å²) < 4.78 is 0. The van der Waals surface area contributed by atoms with Crippen LogP contribution in [-0.4, -0.2) is 49.5 Å². The molecule has 1 aromatic rings. The monoisotopic (exact) mass is 526 g/mol. The Labute approximate surface area is 199 Å². The minimum atomic E-state index is 0. The van der Waals surface area contributed by atoms with Gasteiger partial charge in [-0.15, -0.1) is 24.0 Å². The van der Waals surface area contributed by atoms with Gasteiger partial charge in [0.1, 0.15) is 0 Å². The number of amides is 1. The Bertz CT molecular complexity index is 673. The number of nitrogens with zero attached hydrogens (tertiary/aromatic N) is 2. The Morgan fingerprint density at radius 2 is 1.90 bits per heavy atom. The highest BCUT2D eigenvalue weighted by Gasteiger charge is 2.32. The Morgan fingerprint density at radius 3 is 2.57 bits per heavy atom. The average Bonchev–Trinajstić information content (AvgIpc) is 3.36. The first-order valence-corrected chi connectivity index (χ1v) is 11.5. The molecule has 2 N–H and O–H groups in total. The fourth-order valence-electron chi connectivity index (χ4n) is 4.69. The van der Waals surface area contributed by atoms with Crippen molar-refractivity contribution in [1.82, 2.24) is 15.5 Å². The topological polar surface area (TPSA) is 56.7 Å². The van der Waals surface area contributed by atoms with E-state index in [4.69, 9.17) is 4.99 Å². The van der Waals surface area contributed by atoms with Crippen LogP contribution in [0.15, 0.2) is 35.3 Å². The molecule has 30 heavy (non-hydrogen) atoms. The first kappa shape index (κ1) is 25.0. The molecule has 168 valence electrons. The lowest BCUT2D eigenvalue weighted by Gasteiger charge is -2.26. The van der Waals surface area contributed by atoms with Crippen LogP contribution in [-0.2, 0) is 11.2 Å². The summed E-state index contributed by atoms with van der Waals surface area (Å²) in [4.78, 5) is 19.3. The molecule has 0 spiro atoms. The van der Waals surface area contributed by atoms with Gasteiger partial charge in [-0.3, -0.25) is 9.79 Å². The summed E-state index contributed by atoms with van der Waals surface area (Å²) in [5, 5.41) is 6.88. The van der Waals surface area contributed by atoms with E-state index in [1.54, 1.807) is 0 Å². The van der Waals surface area contributed by atoms with Crippen molar-refractivity contribution in [2.75, 3.05) is 32.7 Å². The third-order valence-corrected chi connectivity index (χ3v) is 6.70. The second-order valence-electron chi connectivity index (χ2n) is 8.78. The minimum absolute atomic E-state index is 0. The van der Waals surface area contributed by atoms with Gasteiger partial charge in [0.15, 0.2) is 5.96 Å². The number of guanidine groups is 1. The standard InChI is InChI=1S/C24H38N4O.HI/c1-3-24(13-8-9-14-24)19-27-23(25-4-2)26-17-21-16-22(29)28(18-21)15-12-20-10-6-5-7-11-20;/h5-7,10-11,21H,3-4,8-9,12-19H2,1-2H3,(H2,25,26,27);1H. The predicted octanol–water partition coefficient (Wildman–Crippen LogP) is 4.22. The number of aliphatic imine (C=N–C) groups is 1. The van der Waals surface area contributed by atoms with Crippen molar-refractivity contribution in [3.8, 4) is 0 Å². The lowest BCUT2D eigenvalue weighted by molar-refractivity contribution is -0.127. The van der Waals surface area contributed by atoms with Gasteiger partial charge in [0, 0.05) is 45.1 Å². The van der Waals surface area contributed by atoms with E-state index in [1.807, 2.05) is 11.0 Å². The van der Waals surface area contributed by atoms with Crippen molar-refractivity contribution < 1.29 is 4.79 Å². The lowest BCUT2D eigenvalue weighted by Crippen LogP contribution is -2.41. The molecule has 0 aromatic heterocycles. The van der Waals surface area contributed by atoms with Crippen molar-refractivity contribution >= 4 is 35.8 Å². The zero-order chi connectivity index (χ0) is 20.5. The van der Waals surface area contributed by atoms with Crippen molar-refractivity contribution in [1.29, 1.82) is 0 Å². The third kappa shape index (κ3) is 7.13. The molecule has 3 rings (SSSR count). The highest BCUT2D eigenvalue weighted by Crippen LogP contribution is 2.41. The van der Waals surface area contributed by atoms with Crippen LogP contribution in [0.5, 0.6) is 0 Å². The number of carbonyl (C=O) groups is 1. The Kier molecular flexibility index (Phi) is 10.4. The third-order valence-electron chi connectivity index (χ3n) is 6.70. The van der Waals surface area contributed by atoms with E-state index in [0.717, 1.165) is 45.1 Å². The number of rotatable bonds is 9. The first-order valence-electron chi connectivity index (χ1n) is 11.5. The average molecular weight is 527 g/mol. The molecule has 0 radical (unpaired) electrons. The zero-order valence-electron chi connectivity index (χ0n) is 18.7. The van der Waals surface area contributed by atoms with Crippen LogP contribution in [0.25, 0.3) is 0 Å². The van der Waals surface area contributed by atoms with E-state index in [-0.39, 0.29) is 29.9 Å². The van der Waals surface area contributed by atoms with Gasteiger partial charge >= 0.3 is 0 Å². The Hall–Kier alpha value is -1.31. The normalized spacial score (nSPS) is 20.9. The molecular weight excluding hydrogens is 487 g/mol. The highest BCUT2D eigenvalue weighted by atomic mass is 127. The van der Waals surface area contributed by atoms with Gasteiger partial charge in [-0.1, -0.05) is 50.1 Å². The molecule has 1 atom stereocenters. The van der Waals surface area contributed by atoms with E-state index in [0.29, 0.717) is 17.8 Å². The molecule has 1 saturated heterocycles. The molecule has 1 amide bonds. The second-order valence-corrected chi connectivity index (χ2v) is 8.78. The second kappa shape index (κ2) is 12.5. The van der Waals surface area contributed by atoms with E-state index >= 15 is 0 Å². The van der Waals surface area contributed by atoms with Gasteiger partial charge < -0.3 is 15.5 Å². The van der Waals surface area contributed by atoms with Crippen LogP contribution in [0.3, 0.4) is 0 Å². The molecule has 1 aliphatic heterocycles. The minimum Gasteiger partial charge on any atom is -0.357 e. The fourth-order valence-corrected chi connectivity index (χ4v) is 4.69. The van der Waals surface area contributed by atoms with Crippen LogP contribution in [0.1, 0.15) is 57.9 Å². The van der Waals surface area contributed by atoms with Gasteiger partial charge in [0.25, 0.3) is 0 Å². The summed E-state index contributed by atoms with van der Waals surface area (Å²) in [5.41, 5.74) is 1.69. The van der Waals surface area contributed by atoms with E-state index in [9.17, 15) is 4.79 Å². The van der Waals surface area contributed by atoms with E-state index in [2.05, 4.69) is 48.7 Å². The molecule has 1 unspecified atom stereocenters.